The van der Waals surface area contributed by atoms with Crippen LogP contribution < -0.4 is 10.2 Å². The van der Waals surface area contributed by atoms with Gasteiger partial charge in [-0.1, -0.05) is 0 Å². The minimum atomic E-state index is -0.0707. The van der Waals surface area contributed by atoms with E-state index in [1.807, 2.05) is 38.1 Å². The van der Waals surface area contributed by atoms with Gasteiger partial charge in [0.1, 0.15) is 0 Å². The molecular formula is C19H21N7O. The first-order chi connectivity index (χ1) is 13.1. The molecule has 3 aromatic rings. The Bertz CT molecular complexity index is 911. The summed E-state index contributed by atoms with van der Waals surface area (Å²) >= 11 is 0. The van der Waals surface area contributed by atoms with Crippen molar-refractivity contribution in [3.63, 3.8) is 0 Å². The monoisotopic (exact) mass is 363 g/mol. The number of H-pyrrole nitrogens is 1. The van der Waals surface area contributed by atoms with Gasteiger partial charge in [0.15, 0.2) is 5.82 Å². The molecule has 27 heavy (non-hydrogen) atoms. The van der Waals surface area contributed by atoms with E-state index >= 15 is 0 Å². The smallest absolute Gasteiger partial charge is 0.255 e. The molecule has 138 valence electrons. The molecule has 2 N–H and O–H groups in total. The lowest BCUT2D eigenvalue weighted by Crippen LogP contribution is -2.52. The highest BCUT2D eigenvalue weighted by atomic mass is 16.1. The Morgan fingerprint density at radius 3 is 2.59 bits per heavy atom. The van der Waals surface area contributed by atoms with E-state index in [2.05, 4.69) is 35.6 Å². The Morgan fingerprint density at radius 1 is 1.19 bits per heavy atom. The number of aromatic amines is 1. The van der Waals surface area contributed by atoms with Crippen LogP contribution in [0.3, 0.4) is 0 Å². The van der Waals surface area contributed by atoms with E-state index in [1.54, 1.807) is 12.4 Å². The predicted molar refractivity (Wildman–Crippen MR) is 101 cm³/mol. The maximum absolute atomic E-state index is 12.3. The number of pyridine rings is 1. The summed E-state index contributed by atoms with van der Waals surface area (Å²) in [5.74, 6) is 1.19. The molecule has 0 bridgehead atoms. The van der Waals surface area contributed by atoms with Crippen LogP contribution in [0.1, 0.15) is 21.7 Å². The van der Waals surface area contributed by atoms with Gasteiger partial charge >= 0.3 is 0 Å². The molecule has 8 nitrogen and oxygen atoms in total. The molecule has 1 amide bonds. The van der Waals surface area contributed by atoms with Crippen molar-refractivity contribution >= 4 is 11.7 Å². The summed E-state index contributed by atoms with van der Waals surface area (Å²) in [7, 11) is 0. The zero-order valence-corrected chi connectivity index (χ0v) is 15.3. The Hall–Kier alpha value is -3.29. The third kappa shape index (κ3) is 3.51. The molecule has 1 aliphatic heterocycles. The molecule has 0 saturated carbocycles. The fourth-order valence-corrected chi connectivity index (χ4v) is 3.27. The second kappa shape index (κ2) is 7.14. The van der Waals surface area contributed by atoms with Crippen molar-refractivity contribution in [2.45, 2.75) is 13.8 Å². The molecule has 4 rings (SSSR count). The topological polar surface area (TPSA) is 99.7 Å². The molecule has 1 aliphatic rings. The van der Waals surface area contributed by atoms with E-state index in [9.17, 15) is 4.79 Å². The lowest BCUT2D eigenvalue weighted by atomic mass is 10.00. The van der Waals surface area contributed by atoms with Crippen molar-refractivity contribution in [2.75, 3.05) is 24.5 Å². The number of carbonyl (C=O) groups excluding carboxylic acids is 1. The second-order valence-electron chi connectivity index (χ2n) is 6.80. The summed E-state index contributed by atoms with van der Waals surface area (Å²) in [6.45, 7) is 6.04. The Morgan fingerprint density at radius 2 is 1.96 bits per heavy atom. The fraction of sp³-hybridized carbons (Fsp3) is 0.316. The van der Waals surface area contributed by atoms with Crippen molar-refractivity contribution in [3.05, 3.63) is 53.6 Å². The van der Waals surface area contributed by atoms with E-state index in [-0.39, 0.29) is 5.91 Å². The third-order valence-electron chi connectivity index (χ3n) is 4.81. The first-order valence-electron chi connectivity index (χ1n) is 8.90. The van der Waals surface area contributed by atoms with Gasteiger partial charge in [0.2, 0.25) is 0 Å². The highest BCUT2D eigenvalue weighted by molar-refractivity contribution is 5.96. The third-order valence-corrected chi connectivity index (χ3v) is 4.81. The van der Waals surface area contributed by atoms with Crippen LogP contribution in [-0.2, 0) is 0 Å². The molecule has 0 aliphatic carbocycles. The standard InChI is InChI=1S/C19H21N7O/c1-12-18(13(2)23-22-12)19(27)21-9-14-10-26(11-14)17-4-3-16(24-25-17)15-5-7-20-8-6-15/h3-8,14H,9-11H2,1-2H3,(H,21,27)(H,22,23). The average molecular weight is 363 g/mol. The molecular weight excluding hydrogens is 342 g/mol. The van der Waals surface area contributed by atoms with E-state index in [0.29, 0.717) is 18.0 Å². The maximum Gasteiger partial charge on any atom is 0.255 e. The Labute approximate surface area is 157 Å². The zero-order valence-electron chi connectivity index (χ0n) is 15.3. The van der Waals surface area contributed by atoms with Crippen LogP contribution >= 0.6 is 0 Å². The molecule has 0 atom stereocenters. The molecule has 1 saturated heterocycles. The van der Waals surface area contributed by atoms with Crippen molar-refractivity contribution in [1.82, 2.24) is 30.7 Å². The number of aryl methyl sites for hydroxylation is 2. The van der Waals surface area contributed by atoms with E-state index in [0.717, 1.165) is 41.6 Å². The number of hydrogen-bond donors (Lipinski definition) is 2. The maximum atomic E-state index is 12.3. The van der Waals surface area contributed by atoms with Crippen LogP contribution in [0.2, 0.25) is 0 Å². The summed E-state index contributed by atoms with van der Waals surface area (Å²) in [5, 5.41) is 18.5. The van der Waals surface area contributed by atoms with Crippen molar-refractivity contribution in [2.24, 2.45) is 5.92 Å². The van der Waals surface area contributed by atoms with Crippen LogP contribution in [0.5, 0.6) is 0 Å². The summed E-state index contributed by atoms with van der Waals surface area (Å²) < 4.78 is 0. The summed E-state index contributed by atoms with van der Waals surface area (Å²) in [4.78, 5) is 18.5. The van der Waals surface area contributed by atoms with Crippen LogP contribution in [0, 0.1) is 19.8 Å². The normalized spacial score (nSPS) is 14.1. The van der Waals surface area contributed by atoms with Gasteiger partial charge in [0, 0.05) is 49.2 Å². The van der Waals surface area contributed by atoms with Crippen molar-refractivity contribution in [3.8, 4) is 11.3 Å². The van der Waals surface area contributed by atoms with Gasteiger partial charge in [-0.15, -0.1) is 10.2 Å². The molecule has 0 unspecified atom stereocenters. The average Bonchev–Trinajstić information content (AvgIpc) is 3.00. The molecule has 0 radical (unpaired) electrons. The van der Waals surface area contributed by atoms with Crippen molar-refractivity contribution < 1.29 is 4.79 Å². The van der Waals surface area contributed by atoms with E-state index < -0.39 is 0 Å². The van der Waals surface area contributed by atoms with Gasteiger partial charge < -0.3 is 10.2 Å². The number of amides is 1. The van der Waals surface area contributed by atoms with Crippen LogP contribution in [-0.4, -0.2) is 50.9 Å². The van der Waals surface area contributed by atoms with Crippen LogP contribution in [0.4, 0.5) is 5.82 Å². The largest absolute Gasteiger partial charge is 0.354 e. The molecule has 4 heterocycles. The lowest BCUT2D eigenvalue weighted by molar-refractivity contribution is 0.0943. The molecule has 0 aromatic carbocycles. The van der Waals surface area contributed by atoms with Gasteiger partial charge in [0.25, 0.3) is 5.91 Å². The Kier molecular flexibility index (Phi) is 4.53. The number of anilines is 1. The molecule has 8 heteroatoms. The van der Waals surface area contributed by atoms with Gasteiger partial charge in [-0.25, -0.2) is 0 Å². The molecule has 0 spiro atoms. The summed E-state index contributed by atoms with van der Waals surface area (Å²) in [6, 6.07) is 7.78. The number of hydrogen-bond acceptors (Lipinski definition) is 6. The minimum absolute atomic E-state index is 0.0707. The number of nitrogens with zero attached hydrogens (tertiary/aromatic N) is 5. The molecule has 1 fully saturated rings. The van der Waals surface area contributed by atoms with Gasteiger partial charge in [-0.2, -0.15) is 5.10 Å². The number of rotatable bonds is 5. The highest BCUT2D eigenvalue weighted by Crippen LogP contribution is 2.23. The minimum Gasteiger partial charge on any atom is -0.354 e. The molecule has 3 aromatic heterocycles. The first kappa shape index (κ1) is 17.1. The SMILES string of the molecule is Cc1n[nH]c(C)c1C(=O)NCC1CN(c2ccc(-c3ccncc3)nn2)C1. The quantitative estimate of drug-likeness (QED) is 0.716. The lowest BCUT2D eigenvalue weighted by Gasteiger charge is -2.39. The van der Waals surface area contributed by atoms with Crippen LogP contribution in [0.15, 0.2) is 36.7 Å². The van der Waals surface area contributed by atoms with Crippen LogP contribution in [0.25, 0.3) is 11.3 Å². The second-order valence-corrected chi connectivity index (χ2v) is 6.80. The van der Waals surface area contributed by atoms with Gasteiger partial charge in [-0.05, 0) is 38.1 Å². The number of aromatic nitrogens is 5. The fourth-order valence-electron chi connectivity index (χ4n) is 3.27. The van der Waals surface area contributed by atoms with E-state index in [1.165, 1.54) is 0 Å². The van der Waals surface area contributed by atoms with Gasteiger partial charge in [-0.3, -0.25) is 14.9 Å². The Balaban J connectivity index is 1.29. The van der Waals surface area contributed by atoms with E-state index in [4.69, 9.17) is 0 Å². The summed E-state index contributed by atoms with van der Waals surface area (Å²) in [6.07, 6.45) is 3.48. The van der Waals surface area contributed by atoms with Crippen molar-refractivity contribution in [1.29, 1.82) is 0 Å². The number of carbonyl (C=O) groups is 1. The van der Waals surface area contributed by atoms with Gasteiger partial charge in [0.05, 0.1) is 17.0 Å². The number of nitrogens with one attached hydrogen (secondary N) is 2. The zero-order chi connectivity index (χ0) is 18.8. The highest BCUT2D eigenvalue weighted by Gasteiger charge is 2.28. The summed E-state index contributed by atoms with van der Waals surface area (Å²) in [5.41, 5.74) is 3.99. The predicted octanol–water partition coefficient (Wildman–Crippen LogP) is 1.74. The first-order valence-corrected chi connectivity index (χ1v) is 8.90.